The van der Waals surface area contributed by atoms with Crippen molar-refractivity contribution in [2.24, 2.45) is 17.3 Å². The van der Waals surface area contributed by atoms with Gasteiger partial charge in [0.2, 0.25) is 11.8 Å². The van der Waals surface area contributed by atoms with Gasteiger partial charge >= 0.3 is 0 Å². The van der Waals surface area contributed by atoms with Crippen molar-refractivity contribution in [3.05, 3.63) is 58.9 Å². The number of hydrogen-bond donors (Lipinski definition) is 0. The molecule has 1 fully saturated rings. The zero-order chi connectivity index (χ0) is 28.6. The highest BCUT2D eigenvalue weighted by atomic mass is 35.5. The Hall–Kier alpha value is -2.27. The summed E-state index contributed by atoms with van der Waals surface area (Å²) in [5.41, 5.74) is 2.33. The minimum absolute atomic E-state index is 0.0601. The highest BCUT2D eigenvalue weighted by Gasteiger charge is 2.30. The molecule has 0 saturated heterocycles. The number of nitrogens with zero attached hydrogens (tertiary/aromatic N) is 3. The number of benzene rings is 1. The molecule has 2 aromatic rings. The second-order valence-electron chi connectivity index (χ2n) is 13.3. The van der Waals surface area contributed by atoms with E-state index in [2.05, 4.69) is 63.3 Å². The molecule has 0 aliphatic heterocycles. The van der Waals surface area contributed by atoms with Gasteiger partial charge in [-0.05, 0) is 60.3 Å². The number of hydrogen-bond acceptors (Lipinski definition) is 2. The van der Waals surface area contributed by atoms with Crippen LogP contribution in [0.5, 0.6) is 0 Å². The van der Waals surface area contributed by atoms with Gasteiger partial charge in [0.05, 0.1) is 13.1 Å². The molecule has 1 heterocycles. The first-order valence-corrected chi connectivity index (χ1v) is 15.3. The maximum atomic E-state index is 14.0. The van der Waals surface area contributed by atoms with Gasteiger partial charge in [0.15, 0.2) is 0 Å². The van der Waals surface area contributed by atoms with Gasteiger partial charge in [-0.3, -0.25) is 9.59 Å². The van der Waals surface area contributed by atoms with Crippen LogP contribution in [0.3, 0.4) is 0 Å². The fourth-order valence-corrected chi connectivity index (χ4v) is 6.24. The number of carbonyl (C=O) groups is 2. The van der Waals surface area contributed by atoms with Gasteiger partial charge in [-0.25, -0.2) is 0 Å². The third kappa shape index (κ3) is 10.0. The van der Waals surface area contributed by atoms with Crippen LogP contribution in [-0.2, 0) is 22.7 Å². The maximum Gasteiger partial charge on any atom is 0.242 e. The molecular weight excluding hydrogens is 506 g/mol. The predicted octanol–water partition coefficient (Wildman–Crippen LogP) is 7.80. The molecule has 216 valence electrons. The standard InChI is InChI=1S/C33H50ClN3O2/c1-25(2)21-36(31(38)19-26(3)20-33(4,5)6)24-32(39)37(28-14-8-7-9-15-28)23-29-16-12-18-35(29)22-27-13-10-11-17-30(27)34/h10-13,16-18,25-26,28H,7-9,14-15,19-24H2,1-6H3. The van der Waals surface area contributed by atoms with E-state index in [1.54, 1.807) is 0 Å². The van der Waals surface area contributed by atoms with E-state index in [4.69, 9.17) is 11.6 Å². The fourth-order valence-electron chi connectivity index (χ4n) is 6.04. The van der Waals surface area contributed by atoms with Crippen LogP contribution < -0.4 is 0 Å². The summed E-state index contributed by atoms with van der Waals surface area (Å²) in [6.45, 7) is 15.0. The summed E-state index contributed by atoms with van der Waals surface area (Å²) >= 11 is 6.46. The number of carbonyl (C=O) groups excluding carboxylic acids is 2. The van der Waals surface area contributed by atoms with E-state index in [0.717, 1.165) is 48.4 Å². The Bertz CT molecular complexity index is 1060. The summed E-state index contributed by atoms with van der Waals surface area (Å²) in [4.78, 5) is 31.3. The van der Waals surface area contributed by atoms with E-state index < -0.39 is 0 Å². The van der Waals surface area contributed by atoms with Crippen LogP contribution in [-0.4, -0.2) is 45.3 Å². The molecular formula is C33H50ClN3O2. The van der Waals surface area contributed by atoms with E-state index in [-0.39, 0.29) is 35.7 Å². The summed E-state index contributed by atoms with van der Waals surface area (Å²) in [6.07, 6.45) is 9.11. The number of rotatable bonds is 12. The van der Waals surface area contributed by atoms with E-state index >= 15 is 0 Å². The summed E-state index contributed by atoms with van der Waals surface area (Å²) in [6, 6.07) is 12.3. The van der Waals surface area contributed by atoms with E-state index in [9.17, 15) is 9.59 Å². The van der Waals surface area contributed by atoms with Crippen LogP contribution in [0.15, 0.2) is 42.6 Å². The molecule has 6 heteroatoms. The van der Waals surface area contributed by atoms with Crippen molar-refractivity contribution in [3.63, 3.8) is 0 Å². The lowest BCUT2D eigenvalue weighted by Gasteiger charge is -2.36. The van der Waals surface area contributed by atoms with Crippen molar-refractivity contribution in [2.75, 3.05) is 13.1 Å². The average molecular weight is 556 g/mol. The van der Waals surface area contributed by atoms with Crippen LogP contribution >= 0.6 is 11.6 Å². The van der Waals surface area contributed by atoms with Crippen molar-refractivity contribution < 1.29 is 9.59 Å². The van der Waals surface area contributed by atoms with Crippen LogP contribution in [0.1, 0.15) is 97.7 Å². The first-order valence-electron chi connectivity index (χ1n) is 14.9. The topological polar surface area (TPSA) is 45.6 Å². The fraction of sp³-hybridized carbons (Fsp3) is 0.636. The largest absolute Gasteiger partial charge is 0.345 e. The van der Waals surface area contributed by atoms with Gasteiger partial charge in [-0.15, -0.1) is 0 Å². The van der Waals surface area contributed by atoms with Gasteiger partial charge in [-0.1, -0.05) is 90.6 Å². The Morgan fingerprint density at radius 3 is 2.33 bits per heavy atom. The molecule has 39 heavy (non-hydrogen) atoms. The van der Waals surface area contributed by atoms with Crippen molar-refractivity contribution in [3.8, 4) is 0 Å². The van der Waals surface area contributed by atoms with Gasteiger partial charge in [0.25, 0.3) is 0 Å². The van der Waals surface area contributed by atoms with Crippen LogP contribution in [0.4, 0.5) is 0 Å². The van der Waals surface area contributed by atoms with Gasteiger partial charge < -0.3 is 14.4 Å². The molecule has 0 spiro atoms. The monoisotopic (exact) mass is 555 g/mol. The summed E-state index contributed by atoms with van der Waals surface area (Å²) in [7, 11) is 0. The first kappa shape index (κ1) is 31.3. The number of amides is 2. The van der Waals surface area contributed by atoms with Gasteiger partial charge in [-0.2, -0.15) is 0 Å². The lowest BCUT2D eigenvalue weighted by atomic mass is 9.84. The molecule has 1 aliphatic rings. The predicted molar refractivity (Wildman–Crippen MR) is 162 cm³/mol. The lowest BCUT2D eigenvalue weighted by molar-refractivity contribution is -0.143. The normalized spacial score (nSPS) is 15.4. The summed E-state index contributed by atoms with van der Waals surface area (Å²) in [5, 5.41) is 0.751. The molecule has 0 N–H and O–H groups in total. The minimum atomic E-state index is 0.0601. The third-order valence-corrected chi connectivity index (χ3v) is 8.01. The Morgan fingerprint density at radius 1 is 1.00 bits per heavy atom. The van der Waals surface area contributed by atoms with Crippen molar-refractivity contribution in [2.45, 2.75) is 106 Å². The Kier molecular flexibility index (Phi) is 11.5. The molecule has 1 aromatic carbocycles. The van der Waals surface area contributed by atoms with Crippen LogP contribution in [0, 0.1) is 17.3 Å². The molecule has 0 radical (unpaired) electrons. The highest BCUT2D eigenvalue weighted by Crippen LogP contribution is 2.28. The molecule has 1 aromatic heterocycles. The van der Waals surface area contributed by atoms with Crippen molar-refractivity contribution in [1.29, 1.82) is 0 Å². The molecule has 1 unspecified atom stereocenters. The number of aromatic nitrogens is 1. The van der Waals surface area contributed by atoms with E-state index in [0.29, 0.717) is 32.0 Å². The quantitative estimate of drug-likeness (QED) is 0.268. The average Bonchev–Trinajstić information content (AvgIpc) is 3.29. The van der Waals surface area contributed by atoms with E-state index in [1.807, 2.05) is 35.2 Å². The Labute approximate surface area is 241 Å². The zero-order valence-corrected chi connectivity index (χ0v) is 25.8. The third-order valence-electron chi connectivity index (χ3n) is 7.64. The molecule has 1 atom stereocenters. The second-order valence-corrected chi connectivity index (χ2v) is 13.7. The van der Waals surface area contributed by atoms with Crippen molar-refractivity contribution >= 4 is 23.4 Å². The van der Waals surface area contributed by atoms with Gasteiger partial charge in [0, 0.05) is 42.5 Å². The van der Waals surface area contributed by atoms with Crippen LogP contribution in [0.2, 0.25) is 5.02 Å². The van der Waals surface area contributed by atoms with E-state index in [1.165, 1.54) is 6.42 Å². The summed E-state index contributed by atoms with van der Waals surface area (Å²) < 4.78 is 2.19. The molecule has 2 amide bonds. The molecule has 3 rings (SSSR count). The summed E-state index contributed by atoms with van der Waals surface area (Å²) in [5.74, 6) is 0.741. The first-order chi connectivity index (χ1) is 18.4. The molecule has 5 nitrogen and oxygen atoms in total. The minimum Gasteiger partial charge on any atom is -0.345 e. The SMILES string of the molecule is CC(C)CN(CC(=O)N(Cc1cccn1Cc1ccccc1Cl)C1CCCCC1)C(=O)CC(C)CC(C)(C)C. The van der Waals surface area contributed by atoms with Crippen LogP contribution in [0.25, 0.3) is 0 Å². The smallest absolute Gasteiger partial charge is 0.242 e. The maximum absolute atomic E-state index is 14.0. The molecule has 1 saturated carbocycles. The van der Waals surface area contributed by atoms with Crippen molar-refractivity contribution in [1.82, 2.24) is 14.4 Å². The van der Waals surface area contributed by atoms with Gasteiger partial charge in [0.1, 0.15) is 0 Å². The number of halogens is 1. The molecule has 0 bridgehead atoms. The Morgan fingerprint density at radius 2 is 1.69 bits per heavy atom. The second kappa shape index (κ2) is 14.4. The Balaban J connectivity index is 1.78. The highest BCUT2D eigenvalue weighted by molar-refractivity contribution is 6.31. The molecule has 1 aliphatic carbocycles. The lowest BCUT2D eigenvalue weighted by Crippen LogP contribution is -2.48. The zero-order valence-electron chi connectivity index (χ0n) is 25.1.